The van der Waals surface area contributed by atoms with Gasteiger partial charge in [0, 0.05) is 5.69 Å². The van der Waals surface area contributed by atoms with E-state index in [-0.39, 0.29) is 17.3 Å². The van der Waals surface area contributed by atoms with E-state index in [1.54, 1.807) is 0 Å². The molecule has 1 fully saturated rings. The number of hydrogen-bond donors (Lipinski definition) is 2. The lowest BCUT2D eigenvalue weighted by molar-refractivity contribution is -0.0498. The van der Waals surface area contributed by atoms with Gasteiger partial charge in [-0.2, -0.15) is 8.78 Å². The second-order valence-electron chi connectivity index (χ2n) is 4.30. The Bertz CT molecular complexity index is 532. The number of sulfone groups is 1. The maximum absolute atomic E-state index is 11.9. The highest BCUT2D eigenvalue weighted by Gasteiger charge is 2.36. The molecule has 1 aromatic rings. The van der Waals surface area contributed by atoms with Gasteiger partial charge in [0.1, 0.15) is 5.75 Å². The van der Waals surface area contributed by atoms with E-state index < -0.39 is 28.6 Å². The minimum atomic E-state index is -3.23. The van der Waals surface area contributed by atoms with E-state index in [1.165, 1.54) is 24.3 Å². The van der Waals surface area contributed by atoms with Crippen molar-refractivity contribution in [3.63, 3.8) is 0 Å². The van der Waals surface area contributed by atoms with Crippen molar-refractivity contribution in [2.75, 3.05) is 16.8 Å². The molecule has 0 amide bonds. The summed E-state index contributed by atoms with van der Waals surface area (Å²) in [5, 5.41) is 12.4. The number of ether oxygens (including phenoxy) is 1. The molecule has 2 unspecified atom stereocenters. The molecular formula is C11H13F2NO4S. The van der Waals surface area contributed by atoms with Gasteiger partial charge in [-0.25, -0.2) is 8.42 Å². The summed E-state index contributed by atoms with van der Waals surface area (Å²) < 4.78 is 50.7. The predicted octanol–water partition coefficient (Wildman–Crippen LogP) is 0.858. The Morgan fingerprint density at radius 1 is 1.26 bits per heavy atom. The summed E-state index contributed by atoms with van der Waals surface area (Å²) in [5.74, 6) is -0.402. The van der Waals surface area contributed by atoms with E-state index in [4.69, 9.17) is 0 Å². The number of rotatable bonds is 4. The topological polar surface area (TPSA) is 75.6 Å². The highest BCUT2D eigenvalue weighted by atomic mass is 32.2. The number of halogens is 2. The minimum Gasteiger partial charge on any atom is -0.435 e. The summed E-state index contributed by atoms with van der Waals surface area (Å²) in [6.07, 6.45) is -0.970. The molecule has 5 nitrogen and oxygen atoms in total. The van der Waals surface area contributed by atoms with E-state index in [0.29, 0.717) is 5.69 Å². The van der Waals surface area contributed by atoms with E-state index >= 15 is 0 Å². The zero-order chi connectivity index (χ0) is 14.0. The van der Waals surface area contributed by atoms with Gasteiger partial charge >= 0.3 is 6.61 Å². The lowest BCUT2D eigenvalue weighted by Crippen LogP contribution is -2.31. The van der Waals surface area contributed by atoms with Crippen molar-refractivity contribution in [1.29, 1.82) is 0 Å². The Labute approximate surface area is 109 Å². The number of anilines is 1. The molecule has 1 saturated heterocycles. The number of hydrogen-bond acceptors (Lipinski definition) is 5. The highest BCUT2D eigenvalue weighted by molar-refractivity contribution is 7.91. The van der Waals surface area contributed by atoms with Crippen molar-refractivity contribution >= 4 is 15.5 Å². The first kappa shape index (κ1) is 14.0. The van der Waals surface area contributed by atoms with Crippen LogP contribution in [0.5, 0.6) is 5.75 Å². The van der Waals surface area contributed by atoms with Gasteiger partial charge in [0.15, 0.2) is 9.84 Å². The van der Waals surface area contributed by atoms with Gasteiger partial charge in [-0.15, -0.1) is 0 Å². The van der Waals surface area contributed by atoms with Crippen molar-refractivity contribution in [1.82, 2.24) is 0 Å². The molecule has 2 atom stereocenters. The number of benzene rings is 1. The van der Waals surface area contributed by atoms with Crippen molar-refractivity contribution in [2.24, 2.45) is 0 Å². The van der Waals surface area contributed by atoms with Crippen LogP contribution in [0, 0.1) is 0 Å². The number of nitrogens with one attached hydrogen (secondary N) is 1. The van der Waals surface area contributed by atoms with Crippen LogP contribution in [0.25, 0.3) is 0 Å². The van der Waals surface area contributed by atoms with Crippen LogP contribution in [0.1, 0.15) is 0 Å². The first-order chi connectivity index (χ1) is 8.85. The molecule has 1 heterocycles. The zero-order valence-corrected chi connectivity index (χ0v) is 10.6. The third-order valence-corrected chi connectivity index (χ3v) is 4.47. The number of aliphatic hydroxyl groups is 1. The van der Waals surface area contributed by atoms with Gasteiger partial charge in [-0.05, 0) is 24.3 Å². The molecule has 0 spiro atoms. The summed E-state index contributed by atoms with van der Waals surface area (Å²) in [6, 6.07) is 5.05. The van der Waals surface area contributed by atoms with Crippen molar-refractivity contribution in [2.45, 2.75) is 18.8 Å². The SMILES string of the molecule is O=S1(=O)CC(O)C(Nc2ccc(OC(F)F)cc2)C1. The fourth-order valence-corrected chi connectivity index (χ4v) is 3.65. The van der Waals surface area contributed by atoms with Crippen LogP contribution in [0.15, 0.2) is 24.3 Å². The molecule has 0 aliphatic carbocycles. The minimum absolute atomic E-state index is 0.0140. The first-order valence-corrected chi connectivity index (χ1v) is 7.38. The molecule has 1 aromatic carbocycles. The molecule has 106 valence electrons. The van der Waals surface area contributed by atoms with Gasteiger partial charge in [-0.3, -0.25) is 0 Å². The Balaban J connectivity index is 2.00. The van der Waals surface area contributed by atoms with Crippen molar-refractivity contribution in [3.8, 4) is 5.75 Å². The van der Waals surface area contributed by atoms with Gasteiger partial charge in [0.2, 0.25) is 0 Å². The number of aliphatic hydroxyl groups excluding tert-OH is 1. The number of alkyl halides is 2. The van der Waals surface area contributed by atoms with E-state index in [9.17, 15) is 22.3 Å². The standard InChI is InChI=1S/C11H13F2NO4S/c12-11(13)18-8-3-1-7(2-4-8)14-9-5-19(16,17)6-10(9)15/h1-4,9-11,14-15H,5-6H2. The third-order valence-electron chi connectivity index (χ3n) is 2.75. The van der Waals surface area contributed by atoms with Gasteiger partial charge < -0.3 is 15.2 Å². The van der Waals surface area contributed by atoms with Crippen LogP contribution < -0.4 is 10.1 Å². The molecule has 1 aliphatic rings. The van der Waals surface area contributed by atoms with Gasteiger partial charge in [-0.1, -0.05) is 0 Å². The molecule has 2 N–H and O–H groups in total. The van der Waals surface area contributed by atoms with Crippen LogP contribution in [0.2, 0.25) is 0 Å². The van der Waals surface area contributed by atoms with E-state index in [0.717, 1.165) is 0 Å². The Hall–Kier alpha value is -1.41. The lowest BCUT2D eigenvalue weighted by Gasteiger charge is -2.16. The zero-order valence-electron chi connectivity index (χ0n) is 9.79. The third kappa shape index (κ3) is 3.77. The molecule has 2 rings (SSSR count). The van der Waals surface area contributed by atoms with Crippen LogP contribution in [0.3, 0.4) is 0 Å². The van der Waals surface area contributed by atoms with Gasteiger partial charge in [0.25, 0.3) is 0 Å². The highest BCUT2D eigenvalue weighted by Crippen LogP contribution is 2.21. The van der Waals surface area contributed by atoms with Gasteiger partial charge in [0.05, 0.1) is 23.7 Å². The molecule has 0 bridgehead atoms. The van der Waals surface area contributed by atoms with E-state index in [2.05, 4.69) is 10.1 Å². The summed E-state index contributed by atoms with van der Waals surface area (Å²) in [7, 11) is -3.23. The second kappa shape index (κ2) is 5.30. The maximum Gasteiger partial charge on any atom is 0.387 e. The monoisotopic (exact) mass is 293 g/mol. The average molecular weight is 293 g/mol. The normalized spacial score (nSPS) is 25.5. The molecule has 0 aromatic heterocycles. The molecular weight excluding hydrogens is 280 g/mol. The van der Waals surface area contributed by atoms with Crippen molar-refractivity contribution < 1.29 is 27.0 Å². The predicted molar refractivity (Wildman–Crippen MR) is 65.1 cm³/mol. The summed E-state index contributed by atoms with van der Waals surface area (Å²) in [5.41, 5.74) is 0.530. The molecule has 8 heteroatoms. The van der Waals surface area contributed by atoms with E-state index in [1.807, 2.05) is 0 Å². The summed E-state index contributed by atoms with van der Waals surface area (Å²) in [6.45, 7) is -2.89. The molecule has 19 heavy (non-hydrogen) atoms. The fourth-order valence-electron chi connectivity index (χ4n) is 1.91. The largest absolute Gasteiger partial charge is 0.435 e. The van der Waals surface area contributed by atoms with Crippen LogP contribution in [-0.2, 0) is 9.84 Å². The summed E-state index contributed by atoms with van der Waals surface area (Å²) in [4.78, 5) is 0. The molecule has 1 aliphatic heterocycles. The molecule has 0 radical (unpaired) electrons. The second-order valence-corrected chi connectivity index (χ2v) is 6.45. The quantitative estimate of drug-likeness (QED) is 0.861. The summed E-state index contributed by atoms with van der Waals surface area (Å²) >= 11 is 0. The Morgan fingerprint density at radius 3 is 2.37 bits per heavy atom. The Morgan fingerprint density at radius 2 is 1.89 bits per heavy atom. The Kier molecular flexibility index (Phi) is 3.91. The average Bonchev–Trinajstić information content (AvgIpc) is 2.54. The maximum atomic E-state index is 11.9. The lowest BCUT2D eigenvalue weighted by atomic mass is 10.2. The first-order valence-electron chi connectivity index (χ1n) is 5.56. The van der Waals surface area contributed by atoms with Crippen LogP contribution >= 0.6 is 0 Å². The smallest absolute Gasteiger partial charge is 0.387 e. The van der Waals surface area contributed by atoms with Crippen LogP contribution in [0.4, 0.5) is 14.5 Å². The van der Waals surface area contributed by atoms with Crippen molar-refractivity contribution in [3.05, 3.63) is 24.3 Å². The molecule has 0 saturated carbocycles. The van der Waals surface area contributed by atoms with Crippen LogP contribution in [-0.4, -0.2) is 43.8 Å². The fraction of sp³-hybridized carbons (Fsp3) is 0.455.